The average molecular weight is 507 g/mol. The molecule has 1 unspecified atom stereocenters. The molecule has 0 aromatic heterocycles. The summed E-state index contributed by atoms with van der Waals surface area (Å²) in [5.41, 5.74) is 1.10. The van der Waals surface area contributed by atoms with Crippen molar-refractivity contribution in [2.75, 3.05) is 47.1 Å². The molecule has 28 heavy (non-hydrogen) atoms. The molecule has 0 spiro atoms. The fourth-order valence-corrected chi connectivity index (χ4v) is 2.73. The summed E-state index contributed by atoms with van der Waals surface area (Å²) in [4.78, 5) is 4.26. The van der Waals surface area contributed by atoms with Crippen LogP contribution in [0.25, 0.3) is 0 Å². The lowest BCUT2D eigenvalue weighted by Gasteiger charge is -2.15. The third kappa shape index (κ3) is 8.83. The summed E-state index contributed by atoms with van der Waals surface area (Å²) in [6.07, 6.45) is 3.16. The van der Waals surface area contributed by atoms with Crippen molar-refractivity contribution in [3.63, 3.8) is 0 Å². The monoisotopic (exact) mass is 507 g/mol. The Morgan fingerprint density at radius 3 is 2.79 bits per heavy atom. The second-order valence-corrected chi connectivity index (χ2v) is 6.40. The number of nitrogens with one attached hydrogen (secondary N) is 2. The topological polar surface area (TPSA) is 73.3 Å². The Kier molecular flexibility index (Phi) is 13.0. The van der Waals surface area contributed by atoms with Crippen LogP contribution in [0.4, 0.5) is 0 Å². The van der Waals surface area contributed by atoms with Gasteiger partial charge in [-0.2, -0.15) is 0 Å². The third-order valence-electron chi connectivity index (χ3n) is 4.23. The van der Waals surface area contributed by atoms with Crippen LogP contribution in [-0.2, 0) is 16.0 Å². The van der Waals surface area contributed by atoms with Gasteiger partial charge in [-0.25, -0.2) is 0 Å². The Morgan fingerprint density at radius 1 is 1.25 bits per heavy atom. The van der Waals surface area contributed by atoms with Gasteiger partial charge in [0.1, 0.15) is 0 Å². The molecule has 7 nitrogen and oxygen atoms in total. The van der Waals surface area contributed by atoms with Gasteiger partial charge >= 0.3 is 0 Å². The number of guanidine groups is 1. The quantitative estimate of drug-likeness (QED) is 0.208. The van der Waals surface area contributed by atoms with E-state index in [9.17, 15) is 0 Å². The molecule has 0 bridgehead atoms. The largest absolute Gasteiger partial charge is 0.493 e. The first-order chi connectivity index (χ1) is 13.3. The number of methoxy groups -OCH3 is 1. The molecule has 8 heteroatoms. The van der Waals surface area contributed by atoms with Gasteiger partial charge in [-0.15, -0.1) is 24.0 Å². The van der Waals surface area contributed by atoms with Crippen molar-refractivity contribution in [2.45, 2.75) is 38.8 Å². The fourth-order valence-electron chi connectivity index (χ4n) is 2.73. The number of nitrogens with zero attached hydrogens (tertiary/aromatic N) is 1. The van der Waals surface area contributed by atoms with Crippen LogP contribution < -0.4 is 20.1 Å². The average Bonchev–Trinajstić information content (AvgIpc) is 3.22. The number of ether oxygens (including phenoxy) is 4. The zero-order chi connectivity index (χ0) is 19.3. The van der Waals surface area contributed by atoms with Gasteiger partial charge in [0.05, 0.1) is 26.4 Å². The van der Waals surface area contributed by atoms with E-state index >= 15 is 0 Å². The van der Waals surface area contributed by atoms with E-state index in [1.165, 1.54) is 0 Å². The summed E-state index contributed by atoms with van der Waals surface area (Å²) in [6.45, 7) is 6.49. The number of rotatable bonds is 11. The van der Waals surface area contributed by atoms with E-state index in [1.807, 2.05) is 18.2 Å². The number of hydrogen-bond donors (Lipinski definition) is 2. The molecule has 1 aromatic carbocycles. The predicted octanol–water partition coefficient (Wildman–Crippen LogP) is 2.96. The molecule has 160 valence electrons. The minimum Gasteiger partial charge on any atom is -0.493 e. The van der Waals surface area contributed by atoms with Crippen LogP contribution >= 0.6 is 24.0 Å². The van der Waals surface area contributed by atoms with Gasteiger partial charge < -0.3 is 29.6 Å². The molecule has 1 fully saturated rings. The highest BCUT2D eigenvalue weighted by molar-refractivity contribution is 14.0. The van der Waals surface area contributed by atoms with Gasteiger partial charge in [0.15, 0.2) is 17.5 Å². The first-order valence-electron chi connectivity index (χ1n) is 9.70. The number of halogens is 1. The molecule has 1 aromatic rings. The predicted molar refractivity (Wildman–Crippen MR) is 122 cm³/mol. The standard InChI is InChI=1S/C20H33N3O4.HI/c1-4-10-27-18-7-6-16(13-19(18)24-3)14-23-20(21-2)22-9-5-11-26-17-8-12-25-15-17;/h6-7,13,17H,4-5,8-12,14-15H2,1-3H3,(H2,21,22,23);1H. The van der Waals surface area contributed by atoms with Crippen molar-refractivity contribution in [2.24, 2.45) is 4.99 Å². The van der Waals surface area contributed by atoms with E-state index in [2.05, 4.69) is 22.5 Å². The SMILES string of the molecule is CCCOc1ccc(CNC(=NC)NCCCOC2CCOC2)cc1OC.I. The molecule has 1 aliphatic heterocycles. The second-order valence-electron chi connectivity index (χ2n) is 6.40. The highest BCUT2D eigenvalue weighted by atomic mass is 127. The zero-order valence-electron chi connectivity index (χ0n) is 17.2. The van der Waals surface area contributed by atoms with Crippen LogP contribution in [-0.4, -0.2) is 59.2 Å². The van der Waals surface area contributed by atoms with Crippen molar-refractivity contribution in [3.05, 3.63) is 23.8 Å². The van der Waals surface area contributed by atoms with E-state index in [-0.39, 0.29) is 30.1 Å². The van der Waals surface area contributed by atoms with Gasteiger partial charge in [0.25, 0.3) is 0 Å². The lowest BCUT2D eigenvalue weighted by Crippen LogP contribution is -2.37. The summed E-state index contributed by atoms with van der Waals surface area (Å²) >= 11 is 0. The molecule has 1 heterocycles. The smallest absolute Gasteiger partial charge is 0.191 e. The van der Waals surface area contributed by atoms with E-state index in [1.54, 1.807) is 14.2 Å². The Bertz CT molecular complexity index is 581. The zero-order valence-corrected chi connectivity index (χ0v) is 19.5. The Morgan fingerprint density at radius 2 is 2.11 bits per heavy atom. The normalized spacial score (nSPS) is 16.4. The third-order valence-corrected chi connectivity index (χ3v) is 4.23. The maximum Gasteiger partial charge on any atom is 0.191 e. The summed E-state index contributed by atoms with van der Waals surface area (Å²) in [5, 5.41) is 6.62. The van der Waals surface area contributed by atoms with Gasteiger partial charge in [-0.1, -0.05) is 13.0 Å². The lowest BCUT2D eigenvalue weighted by atomic mass is 10.2. The molecule has 1 atom stereocenters. The first kappa shape index (κ1) is 24.8. The maximum absolute atomic E-state index is 5.76. The van der Waals surface area contributed by atoms with E-state index in [0.717, 1.165) is 68.6 Å². The molecule has 1 saturated heterocycles. The molecular weight excluding hydrogens is 473 g/mol. The highest BCUT2D eigenvalue weighted by Crippen LogP contribution is 2.28. The summed E-state index contributed by atoms with van der Waals surface area (Å²) in [6, 6.07) is 5.97. The Hall–Kier alpha value is -1.26. The van der Waals surface area contributed by atoms with Gasteiger partial charge in [-0.3, -0.25) is 4.99 Å². The van der Waals surface area contributed by atoms with Crippen LogP contribution in [0.5, 0.6) is 11.5 Å². The minimum atomic E-state index is 0. The van der Waals surface area contributed by atoms with Crippen molar-refractivity contribution >= 4 is 29.9 Å². The van der Waals surface area contributed by atoms with Crippen molar-refractivity contribution < 1.29 is 18.9 Å². The Labute approximate surface area is 185 Å². The summed E-state index contributed by atoms with van der Waals surface area (Å²) < 4.78 is 22.2. The van der Waals surface area contributed by atoms with Crippen molar-refractivity contribution in [1.29, 1.82) is 0 Å². The van der Waals surface area contributed by atoms with Crippen LogP contribution in [0.2, 0.25) is 0 Å². The van der Waals surface area contributed by atoms with E-state index in [0.29, 0.717) is 13.2 Å². The van der Waals surface area contributed by atoms with Gasteiger partial charge in [-0.05, 0) is 37.0 Å². The van der Waals surface area contributed by atoms with E-state index < -0.39 is 0 Å². The minimum absolute atomic E-state index is 0. The molecule has 0 amide bonds. The van der Waals surface area contributed by atoms with Crippen molar-refractivity contribution in [3.8, 4) is 11.5 Å². The first-order valence-corrected chi connectivity index (χ1v) is 9.70. The van der Waals surface area contributed by atoms with Crippen LogP contribution in [0.3, 0.4) is 0 Å². The summed E-state index contributed by atoms with van der Waals surface area (Å²) in [5.74, 6) is 2.29. The molecule has 0 aliphatic carbocycles. The molecule has 2 rings (SSSR count). The van der Waals surface area contributed by atoms with Gasteiger partial charge in [0.2, 0.25) is 0 Å². The maximum atomic E-state index is 5.76. The van der Waals surface area contributed by atoms with E-state index in [4.69, 9.17) is 18.9 Å². The van der Waals surface area contributed by atoms with Crippen LogP contribution in [0.15, 0.2) is 23.2 Å². The Balaban J connectivity index is 0.00000392. The summed E-state index contributed by atoms with van der Waals surface area (Å²) in [7, 11) is 3.43. The molecule has 2 N–H and O–H groups in total. The molecule has 0 saturated carbocycles. The number of hydrogen-bond acceptors (Lipinski definition) is 5. The van der Waals surface area contributed by atoms with Crippen molar-refractivity contribution in [1.82, 2.24) is 10.6 Å². The fraction of sp³-hybridized carbons (Fsp3) is 0.650. The van der Waals surface area contributed by atoms with Crippen LogP contribution in [0.1, 0.15) is 31.7 Å². The number of aliphatic imine (C=N–C) groups is 1. The molecule has 0 radical (unpaired) electrons. The molecular formula is C20H34IN3O4. The van der Waals surface area contributed by atoms with Crippen LogP contribution in [0, 0.1) is 0 Å². The highest BCUT2D eigenvalue weighted by Gasteiger charge is 2.15. The lowest BCUT2D eigenvalue weighted by molar-refractivity contribution is 0.0420. The second kappa shape index (κ2) is 14.7. The number of benzene rings is 1. The molecule has 1 aliphatic rings. The van der Waals surface area contributed by atoms with Gasteiger partial charge in [0, 0.05) is 33.4 Å².